The lowest BCUT2D eigenvalue weighted by Gasteiger charge is -2.14. The van der Waals surface area contributed by atoms with Crippen molar-refractivity contribution in [2.24, 2.45) is 0 Å². The molecule has 0 aliphatic rings. The van der Waals surface area contributed by atoms with Crippen molar-refractivity contribution in [3.05, 3.63) is 119 Å². The van der Waals surface area contributed by atoms with Crippen molar-refractivity contribution in [3.8, 4) is 16.3 Å². The molecule has 8 nitrogen and oxygen atoms in total. The molecule has 5 rings (SSSR count). The highest BCUT2D eigenvalue weighted by Gasteiger charge is 2.19. The first-order valence-corrected chi connectivity index (χ1v) is 16.7. The largest absolute Gasteiger partial charge is 0.493 e. The first-order chi connectivity index (χ1) is 21.9. The highest BCUT2D eigenvalue weighted by atomic mass is 32.2. The lowest BCUT2D eigenvalue weighted by atomic mass is 10.1. The molecule has 0 saturated carbocycles. The maximum absolute atomic E-state index is 13.6. The zero-order chi connectivity index (χ0) is 31.6. The van der Waals surface area contributed by atoms with Crippen molar-refractivity contribution in [1.82, 2.24) is 10.3 Å². The number of carbonyl (C=O) groups is 3. The number of thioether (sulfide) groups is 1. The van der Waals surface area contributed by atoms with Crippen molar-refractivity contribution in [3.63, 3.8) is 0 Å². The van der Waals surface area contributed by atoms with Gasteiger partial charge in [-0.25, -0.2) is 4.98 Å². The maximum Gasteiger partial charge on any atom is 0.272 e. The number of rotatable bonds is 12. The molecular weight excluding hydrogens is 625 g/mol. The zero-order valence-electron chi connectivity index (χ0n) is 24.5. The van der Waals surface area contributed by atoms with Crippen LogP contribution in [-0.4, -0.2) is 34.6 Å². The number of para-hydroxylation sites is 1. The van der Waals surface area contributed by atoms with Crippen molar-refractivity contribution in [1.29, 1.82) is 0 Å². The lowest BCUT2D eigenvalue weighted by Crippen LogP contribution is -2.30. The number of nitrogens with one attached hydrogen (secondary N) is 3. The summed E-state index contributed by atoms with van der Waals surface area (Å²) in [5, 5.41) is 12.6. The number of carbonyl (C=O) groups excluding carboxylic acids is 3. The summed E-state index contributed by atoms with van der Waals surface area (Å²) in [5.74, 6) is -0.518. The van der Waals surface area contributed by atoms with Gasteiger partial charge in [-0.2, -0.15) is 0 Å². The Kier molecular flexibility index (Phi) is 10.8. The van der Waals surface area contributed by atoms with Gasteiger partial charge >= 0.3 is 0 Å². The topological polar surface area (TPSA) is 109 Å². The van der Waals surface area contributed by atoms with Gasteiger partial charge in [0, 0.05) is 27.1 Å². The Balaban J connectivity index is 1.28. The lowest BCUT2D eigenvalue weighted by molar-refractivity contribution is -0.115. The van der Waals surface area contributed by atoms with E-state index in [9.17, 15) is 14.4 Å². The van der Waals surface area contributed by atoms with Gasteiger partial charge in [-0.3, -0.25) is 14.4 Å². The molecule has 3 aromatic carbocycles. The second-order valence-electron chi connectivity index (χ2n) is 9.60. The van der Waals surface area contributed by atoms with Crippen molar-refractivity contribution >= 4 is 69.1 Å². The molecular formula is C34H30N4O4S3. The van der Waals surface area contributed by atoms with Crippen LogP contribution in [0, 0.1) is 0 Å². The van der Waals surface area contributed by atoms with Crippen LogP contribution >= 0.6 is 34.4 Å². The fourth-order valence-corrected chi connectivity index (χ4v) is 6.56. The third-order valence-electron chi connectivity index (χ3n) is 6.33. The summed E-state index contributed by atoms with van der Waals surface area (Å²) >= 11 is 4.34. The summed E-state index contributed by atoms with van der Waals surface area (Å²) in [6, 6.07) is 27.1. The number of amides is 3. The molecule has 1 unspecified atom stereocenters. The van der Waals surface area contributed by atoms with E-state index in [0.29, 0.717) is 34.3 Å². The average Bonchev–Trinajstić information content (AvgIpc) is 3.75. The number of aromatic nitrogens is 1. The second-order valence-corrected chi connectivity index (χ2v) is 12.8. The minimum atomic E-state index is -0.510. The Morgan fingerprint density at radius 1 is 0.933 bits per heavy atom. The number of benzene rings is 3. The smallest absolute Gasteiger partial charge is 0.272 e. The quantitative estimate of drug-likeness (QED) is 0.0936. The minimum Gasteiger partial charge on any atom is -0.493 e. The SMILES string of the molecule is CCOc1ccccc1/C=C(/NC(=O)c1ccccc1)C(=O)Nc1cccc(SC(C)C(=O)Nc2nc(-c3cccs3)cs2)c1. The standard InChI is InChI=1S/C34H30N4O4S3/c1-3-42-29-16-8-7-13-24(29)19-27(36-32(40)23-11-5-4-6-12-23)33(41)35-25-14-9-15-26(20-25)45-22(2)31(39)38-34-37-28(21-44-34)30-17-10-18-43-30/h4-22H,3H2,1-2H3,(H,35,41)(H,36,40)(H,37,38,39)/b27-19+. The number of thiazole rings is 1. The van der Waals surface area contributed by atoms with E-state index < -0.39 is 17.1 Å². The first kappa shape index (κ1) is 31.7. The molecule has 0 radical (unpaired) electrons. The molecule has 2 heterocycles. The van der Waals surface area contributed by atoms with E-state index in [2.05, 4.69) is 20.9 Å². The van der Waals surface area contributed by atoms with E-state index in [4.69, 9.17) is 4.74 Å². The molecule has 0 aliphatic heterocycles. The summed E-state index contributed by atoms with van der Waals surface area (Å²) in [7, 11) is 0. The molecule has 2 aromatic heterocycles. The van der Waals surface area contributed by atoms with Crippen LogP contribution in [0.4, 0.5) is 10.8 Å². The van der Waals surface area contributed by atoms with Crippen LogP contribution in [0.15, 0.2) is 112 Å². The van der Waals surface area contributed by atoms with Crippen LogP contribution < -0.4 is 20.7 Å². The number of nitrogens with zero attached hydrogens (tertiary/aromatic N) is 1. The van der Waals surface area contributed by atoms with Gasteiger partial charge in [0.15, 0.2) is 5.13 Å². The van der Waals surface area contributed by atoms with Crippen LogP contribution in [0.1, 0.15) is 29.8 Å². The first-order valence-electron chi connectivity index (χ1n) is 14.1. The highest BCUT2D eigenvalue weighted by molar-refractivity contribution is 8.00. The highest BCUT2D eigenvalue weighted by Crippen LogP contribution is 2.30. The Morgan fingerprint density at radius 2 is 1.73 bits per heavy atom. The third-order valence-corrected chi connectivity index (χ3v) is 9.07. The zero-order valence-corrected chi connectivity index (χ0v) is 26.9. The number of anilines is 2. The van der Waals surface area contributed by atoms with Crippen molar-refractivity contribution in [2.45, 2.75) is 24.0 Å². The van der Waals surface area contributed by atoms with Crippen molar-refractivity contribution < 1.29 is 19.1 Å². The molecule has 228 valence electrons. The number of ether oxygens (including phenoxy) is 1. The van der Waals surface area contributed by atoms with E-state index in [-0.39, 0.29) is 11.6 Å². The third kappa shape index (κ3) is 8.69. The maximum atomic E-state index is 13.6. The van der Waals surface area contributed by atoms with E-state index >= 15 is 0 Å². The van der Waals surface area contributed by atoms with Crippen LogP contribution in [0.2, 0.25) is 0 Å². The predicted octanol–water partition coefficient (Wildman–Crippen LogP) is 7.80. The molecule has 0 bridgehead atoms. The summed E-state index contributed by atoms with van der Waals surface area (Å²) in [6.45, 7) is 4.14. The minimum absolute atomic E-state index is 0.0483. The van der Waals surface area contributed by atoms with Crippen LogP contribution in [0.25, 0.3) is 16.6 Å². The number of thiophene rings is 1. The van der Waals surface area contributed by atoms with Crippen LogP contribution in [0.5, 0.6) is 5.75 Å². The summed E-state index contributed by atoms with van der Waals surface area (Å²) in [6.07, 6.45) is 1.59. The molecule has 45 heavy (non-hydrogen) atoms. The van der Waals surface area contributed by atoms with E-state index in [1.54, 1.807) is 65.9 Å². The molecule has 0 fully saturated rings. The van der Waals surface area contributed by atoms with E-state index in [1.165, 1.54) is 23.1 Å². The molecule has 3 N–H and O–H groups in total. The van der Waals surface area contributed by atoms with E-state index in [0.717, 1.165) is 15.5 Å². The molecule has 0 saturated heterocycles. The average molecular weight is 655 g/mol. The van der Waals surface area contributed by atoms with Crippen molar-refractivity contribution in [2.75, 3.05) is 17.2 Å². The Morgan fingerprint density at radius 3 is 2.51 bits per heavy atom. The summed E-state index contributed by atoms with van der Waals surface area (Å²) in [4.78, 5) is 45.9. The molecule has 0 aliphatic carbocycles. The number of hydrogen-bond acceptors (Lipinski definition) is 8. The van der Waals surface area contributed by atoms with Gasteiger partial charge in [0.2, 0.25) is 5.91 Å². The van der Waals surface area contributed by atoms with Gasteiger partial charge in [0.1, 0.15) is 11.4 Å². The molecule has 5 aromatic rings. The van der Waals surface area contributed by atoms with Crippen LogP contribution in [-0.2, 0) is 9.59 Å². The van der Waals surface area contributed by atoms with Gasteiger partial charge in [0.25, 0.3) is 11.8 Å². The van der Waals surface area contributed by atoms with E-state index in [1.807, 2.05) is 67.1 Å². The molecule has 0 spiro atoms. The fraction of sp³-hybridized carbons (Fsp3) is 0.118. The predicted molar refractivity (Wildman–Crippen MR) is 184 cm³/mol. The Hall–Kier alpha value is -4.71. The second kappa shape index (κ2) is 15.3. The van der Waals surface area contributed by atoms with Gasteiger partial charge < -0.3 is 20.7 Å². The molecule has 1 atom stereocenters. The summed E-state index contributed by atoms with van der Waals surface area (Å²) in [5.41, 5.74) is 2.46. The summed E-state index contributed by atoms with van der Waals surface area (Å²) < 4.78 is 5.73. The molecule has 11 heteroatoms. The van der Waals surface area contributed by atoms with Gasteiger partial charge in [-0.05, 0) is 67.8 Å². The monoisotopic (exact) mass is 654 g/mol. The van der Waals surface area contributed by atoms with Crippen LogP contribution in [0.3, 0.4) is 0 Å². The normalized spacial score (nSPS) is 11.8. The Labute approximate surface area is 273 Å². The Bertz CT molecular complexity index is 1800. The fourth-order valence-electron chi connectivity index (χ4n) is 4.16. The van der Waals surface area contributed by atoms with Gasteiger partial charge in [-0.15, -0.1) is 34.4 Å². The van der Waals surface area contributed by atoms with Gasteiger partial charge in [0.05, 0.1) is 22.4 Å². The number of hydrogen-bond donors (Lipinski definition) is 3. The molecule has 3 amide bonds. The van der Waals surface area contributed by atoms with Gasteiger partial charge in [-0.1, -0.05) is 48.5 Å².